The van der Waals surface area contributed by atoms with Crippen LogP contribution in [0.1, 0.15) is 36.8 Å². The van der Waals surface area contributed by atoms with E-state index < -0.39 is 0 Å². The van der Waals surface area contributed by atoms with Crippen molar-refractivity contribution in [3.05, 3.63) is 71.8 Å². The van der Waals surface area contributed by atoms with Crippen LogP contribution in [0.5, 0.6) is 0 Å². The van der Waals surface area contributed by atoms with Gasteiger partial charge in [0, 0.05) is 25.6 Å². The Morgan fingerprint density at radius 1 is 0.967 bits per heavy atom. The van der Waals surface area contributed by atoms with Gasteiger partial charge in [-0.3, -0.25) is 4.99 Å². The Hall–Kier alpha value is -1.64. The number of halogens is 1. The van der Waals surface area contributed by atoms with Crippen LogP contribution in [-0.2, 0) is 11.2 Å². The standard InChI is InChI=1S/C24H35N3O2.HI/c1-2-25-24(27-19-23(20-28)22-13-7-4-8-14-22)26-16-9-10-17-29-18-15-21-11-5-3-6-12-21;/h3-8,11-14,23,28H,2,9-10,15-20H2,1H3,(H2,25,26,27);1H. The normalized spacial score (nSPS) is 12.1. The van der Waals surface area contributed by atoms with Gasteiger partial charge in [-0.2, -0.15) is 0 Å². The summed E-state index contributed by atoms with van der Waals surface area (Å²) < 4.78 is 5.73. The molecule has 0 radical (unpaired) electrons. The third kappa shape index (κ3) is 10.9. The first-order valence-corrected chi connectivity index (χ1v) is 10.6. The molecule has 2 aromatic rings. The Balaban J connectivity index is 0.00000450. The van der Waals surface area contributed by atoms with Gasteiger partial charge >= 0.3 is 0 Å². The van der Waals surface area contributed by atoms with Gasteiger partial charge in [0.15, 0.2) is 5.96 Å². The lowest BCUT2D eigenvalue weighted by molar-refractivity contribution is 0.133. The summed E-state index contributed by atoms with van der Waals surface area (Å²) in [6.45, 7) is 5.91. The topological polar surface area (TPSA) is 65.9 Å². The van der Waals surface area contributed by atoms with Crippen molar-refractivity contribution >= 4 is 29.9 Å². The summed E-state index contributed by atoms with van der Waals surface area (Å²) in [5, 5.41) is 16.3. The Morgan fingerprint density at radius 3 is 2.33 bits per heavy atom. The lowest BCUT2D eigenvalue weighted by Crippen LogP contribution is -2.38. The van der Waals surface area contributed by atoms with Crippen molar-refractivity contribution in [2.24, 2.45) is 4.99 Å². The molecule has 0 aliphatic carbocycles. The van der Waals surface area contributed by atoms with Crippen LogP contribution in [0, 0.1) is 0 Å². The van der Waals surface area contributed by atoms with E-state index in [1.807, 2.05) is 36.4 Å². The minimum absolute atomic E-state index is 0. The maximum Gasteiger partial charge on any atom is 0.191 e. The highest BCUT2D eigenvalue weighted by Crippen LogP contribution is 2.14. The Bertz CT molecular complexity index is 683. The second kappa shape index (κ2) is 17.1. The number of rotatable bonds is 13. The molecule has 0 aliphatic rings. The Labute approximate surface area is 198 Å². The molecule has 0 aromatic heterocycles. The first-order chi connectivity index (χ1) is 14.3. The SMILES string of the molecule is CCNC(=NCC(CO)c1ccccc1)NCCCCOCCc1ccccc1.I. The molecule has 0 spiro atoms. The van der Waals surface area contributed by atoms with Gasteiger partial charge in [0.05, 0.1) is 19.8 Å². The number of aliphatic hydroxyl groups is 1. The fourth-order valence-corrected chi connectivity index (χ4v) is 3.01. The molecule has 5 nitrogen and oxygen atoms in total. The first kappa shape index (κ1) is 26.4. The van der Waals surface area contributed by atoms with Crippen LogP contribution in [0.2, 0.25) is 0 Å². The van der Waals surface area contributed by atoms with Crippen LogP contribution in [0.4, 0.5) is 0 Å². The fraction of sp³-hybridized carbons (Fsp3) is 0.458. The van der Waals surface area contributed by atoms with Gasteiger partial charge in [0.1, 0.15) is 0 Å². The molecule has 0 fully saturated rings. The number of aliphatic imine (C=N–C) groups is 1. The van der Waals surface area contributed by atoms with E-state index in [9.17, 15) is 5.11 Å². The fourth-order valence-electron chi connectivity index (χ4n) is 3.01. The Kier molecular flexibility index (Phi) is 15.0. The van der Waals surface area contributed by atoms with Crippen LogP contribution >= 0.6 is 24.0 Å². The molecule has 1 atom stereocenters. The summed E-state index contributed by atoms with van der Waals surface area (Å²) >= 11 is 0. The maximum atomic E-state index is 9.69. The molecule has 2 rings (SSSR count). The van der Waals surface area contributed by atoms with Gasteiger partial charge in [-0.05, 0) is 37.3 Å². The van der Waals surface area contributed by atoms with Crippen molar-refractivity contribution in [1.82, 2.24) is 10.6 Å². The van der Waals surface area contributed by atoms with E-state index in [4.69, 9.17) is 4.74 Å². The summed E-state index contributed by atoms with van der Waals surface area (Å²) in [4.78, 5) is 4.65. The maximum absolute atomic E-state index is 9.69. The molecule has 30 heavy (non-hydrogen) atoms. The Morgan fingerprint density at radius 2 is 1.67 bits per heavy atom. The number of guanidine groups is 1. The monoisotopic (exact) mass is 525 g/mol. The van der Waals surface area contributed by atoms with Crippen molar-refractivity contribution in [3.8, 4) is 0 Å². The zero-order valence-corrected chi connectivity index (χ0v) is 20.3. The summed E-state index contributed by atoms with van der Waals surface area (Å²) in [6, 6.07) is 20.5. The third-order valence-electron chi connectivity index (χ3n) is 4.69. The van der Waals surface area contributed by atoms with Crippen molar-refractivity contribution in [2.45, 2.75) is 32.1 Å². The molecule has 6 heteroatoms. The molecule has 0 bridgehead atoms. The first-order valence-electron chi connectivity index (χ1n) is 10.6. The molecule has 0 aliphatic heterocycles. The minimum Gasteiger partial charge on any atom is -0.396 e. The molecule has 0 saturated heterocycles. The van der Waals surface area contributed by atoms with E-state index >= 15 is 0 Å². The van der Waals surface area contributed by atoms with E-state index in [1.54, 1.807) is 0 Å². The van der Waals surface area contributed by atoms with E-state index in [2.05, 4.69) is 46.8 Å². The van der Waals surface area contributed by atoms with Crippen LogP contribution in [-0.4, -0.2) is 50.5 Å². The average molecular weight is 525 g/mol. The summed E-state index contributed by atoms with van der Waals surface area (Å²) in [6.07, 6.45) is 3.01. The molecule has 3 N–H and O–H groups in total. The predicted molar refractivity (Wildman–Crippen MR) is 136 cm³/mol. The minimum atomic E-state index is 0. The molecule has 0 saturated carbocycles. The summed E-state index contributed by atoms with van der Waals surface area (Å²) in [5.74, 6) is 0.816. The largest absolute Gasteiger partial charge is 0.396 e. The second-order valence-electron chi connectivity index (χ2n) is 6.99. The van der Waals surface area contributed by atoms with Gasteiger partial charge in [0.2, 0.25) is 0 Å². The van der Waals surface area contributed by atoms with Gasteiger partial charge in [-0.25, -0.2) is 0 Å². The molecule has 0 heterocycles. The molecule has 166 valence electrons. The molecule has 1 unspecified atom stereocenters. The van der Waals surface area contributed by atoms with Crippen LogP contribution in [0.15, 0.2) is 65.7 Å². The third-order valence-corrected chi connectivity index (χ3v) is 4.69. The highest BCUT2D eigenvalue weighted by Gasteiger charge is 2.09. The zero-order valence-electron chi connectivity index (χ0n) is 17.9. The van der Waals surface area contributed by atoms with E-state index in [0.717, 1.165) is 57.1 Å². The van der Waals surface area contributed by atoms with Gasteiger partial charge in [0.25, 0.3) is 0 Å². The number of ether oxygens (including phenoxy) is 1. The molecule has 2 aromatic carbocycles. The number of benzene rings is 2. The highest BCUT2D eigenvalue weighted by atomic mass is 127. The van der Waals surface area contributed by atoms with Crippen LogP contribution < -0.4 is 10.6 Å². The van der Waals surface area contributed by atoms with Gasteiger partial charge in [-0.1, -0.05) is 60.7 Å². The quantitative estimate of drug-likeness (QED) is 0.160. The average Bonchev–Trinajstić information content (AvgIpc) is 2.77. The molecular weight excluding hydrogens is 489 g/mol. The van der Waals surface area contributed by atoms with Crippen molar-refractivity contribution in [2.75, 3.05) is 39.5 Å². The van der Waals surface area contributed by atoms with Crippen molar-refractivity contribution in [1.29, 1.82) is 0 Å². The molecular formula is C24H36IN3O2. The van der Waals surface area contributed by atoms with E-state index in [0.29, 0.717) is 6.54 Å². The van der Waals surface area contributed by atoms with E-state index in [1.165, 1.54) is 5.56 Å². The zero-order chi connectivity index (χ0) is 20.6. The van der Waals surface area contributed by atoms with Crippen molar-refractivity contribution < 1.29 is 9.84 Å². The number of unbranched alkanes of at least 4 members (excludes halogenated alkanes) is 1. The smallest absolute Gasteiger partial charge is 0.191 e. The number of nitrogens with zero attached hydrogens (tertiary/aromatic N) is 1. The number of aliphatic hydroxyl groups excluding tert-OH is 1. The lowest BCUT2D eigenvalue weighted by atomic mass is 10.0. The van der Waals surface area contributed by atoms with Crippen LogP contribution in [0.25, 0.3) is 0 Å². The van der Waals surface area contributed by atoms with Crippen molar-refractivity contribution in [3.63, 3.8) is 0 Å². The second-order valence-corrected chi connectivity index (χ2v) is 6.99. The van der Waals surface area contributed by atoms with E-state index in [-0.39, 0.29) is 36.5 Å². The van der Waals surface area contributed by atoms with Crippen LogP contribution in [0.3, 0.4) is 0 Å². The highest BCUT2D eigenvalue weighted by molar-refractivity contribution is 14.0. The predicted octanol–water partition coefficient (Wildman–Crippen LogP) is 3.98. The number of hydrogen-bond acceptors (Lipinski definition) is 3. The number of nitrogens with one attached hydrogen (secondary N) is 2. The molecule has 0 amide bonds. The van der Waals surface area contributed by atoms with Gasteiger partial charge < -0.3 is 20.5 Å². The van der Waals surface area contributed by atoms with Gasteiger partial charge in [-0.15, -0.1) is 24.0 Å². The summed E-state index contributed by atoms with van der Waals surface area (Å²) in [5.41, 5.74) is 2.43. The number of hydrogen-bond donors (Lipinski definition) is 3. The lowest BCUT2D eigenvalue weighted by Gasteiger charge is -2.15. The summed E-state index contributed by atoms with van der Waals surface area (Å²) in [7, 11) is 0.